The summed E-state index contributed by atoms with van der Waals surface area (Å²) in [5.74, 6) is 2.53. The van der Waals surface area contributed by atoms with Gasteiger partial charge in [-0.3, -0.25) is 4.79 Å². The lowest BCUT2D eigenvalue weighted by Crippen LogP contribution is -2.34. The van der Waals surface area contributed by atoms with Gasteiger partial charge < -0.3 is 16.4 Å². The Morgan fingerprint density at radius 1 is 1.35 bits per heavy atom. The van der Waals surface area contributed by atoms with Crippen LogP contribution in [-0.4, -0.2) is 25.0 Å². The van der Waals surface area contributed by atoms with Gasteiger partial charge in [-0.25, -0.2) is 4.99 Å². The lowest BCUT2D eigenvalue weighted by Gasteiger charge is -2.06. The number of guanidine groups is 1. The minimum atomic E-state index is -0.248. The van der Waals surface area contributed by atoms with Crippen molar-refractivity contribution in [2.45, 2.75) is 6.42 Å². The van der Waals surface area contributed by atoms with Crippen LogP contribution in [0.3, 0.4) is 0 Å². The first kappa shape index (κ1) is 16.6. The van der Waals surface area contributed by atoms with E-state index in [4.69, 9.17) is 12.2 Å². The van der Waals surface area contributed by atoms with Crippen LogP contribution in [0.2, 0.25) is 0 Å². The number of amides is 1. The number of hydrogen-bond acceptors (Lipinski definition) is 3. The van der Waals surface area contributed by atoms with Crippen molar-refractivity contribution in [3.63, 3.8) is 0 Å². The summed E-state index contributed by atoms with van der Waals surface area (Å²) in [5, 5.41) is 7.75. The highest BCUT2D eigenvalue weighted by Gasteiger charge is 2.02. The summed E-state index contributed by atoms with van der Waals surface area (Å²) in [4.78, 5) is 17.1. The van der Waals surface area contributed by atoms with Gasteiger partial charge in [-0.1, -0.05) is 18.1 Å². The van der Waals surface area contributed by atoms with Crippen molar-refractivity contribution in [2.24, 2.45) is 10.7 Å². The minimum Gasteiger partial charge on any atom is -0.370 e. The molecule has 0 radical (unpaired) electrons. The van der Waals surface area contributed by atoms with Crippen molar-refractivity contribution < 1.29 is 4.79 Å². The Balaban J connectivity index is 1.74. The lowest BCUT2D eigenvalue weighted by molar-refractivity contribution is -0.114. The number of anilines is 1. The van der Waals surface area contributed by atoms with E-state index in [0.29, 0.717) is 17.8 Å². The van der Waals surface area contributed by atoms with Crippen LogP contribution in [0.4, 0.5) is 5.69 Å². The fourth-order valence-electron chi connectivity index (χ4n) is 1.87. The van der Waals surface area contributed by atoms with E-state index in [2.05, 4.69) is 27.6 Å². The zero-order valence-corrected chi connectivity index (χ0v) is 13.4. The van der Waals surface area contributed by atoms with Crippen LogP contribution in [0.5, 0.6) is 0 Å². The Morgan fingerprint density at radius 3 is 2.96 bits per heavy atom. The first-order chi connectivity index (χ1) is 11.2. The second-order valence-electron chi connectivity index (χ2n) is 4.73. The number of carbonyl (C=O) groups excluding carboxylic acids is 1. The topological polar surface area (TPSA) is 79.5 Å². The molecular weight excluding hydrogens is 308 g/mol. The summed E-state index contributed by atoms with van der Waals surface area (Å²) < 4.78 is 0. The van der Waals surface area contributed by atoms with Crippen molar-refractivity contribution >= 4 is 28.9 Å². The Hall–Kier alpha value is -2.78. The number of hydrogen-bond donors (Lipinski definition) is 3. The molecule has 4 N–H and O–H groups in total. The summed E-state index contributed by atoms with van der Waals surface area (Å²) in [6.07, 6.45) is 6.19. The van der Waals surface area contributed by atoms with Crippen LogP contribution < -0.4 is 16.4 Å². The second kappa shape index (κ2) is 8.61. The maximum absolute atomic E-state index is 11.8. The molecule has 1 amide bonds. The van der Waals surface area contributed by atoms with Gasteiger partial charge in [-0.15, -0.1) is 17.8 Å². The molecule has 0 saturated heterocycles. The number of nitrogens with one attached hydrogen (secondary N) is 2. The van der Waals surface area contributed by atoms with Crippen molar-refractivity contribution in [2.75, 3.05) is 18.4 Å². The Bertz CT molecular complexity index is 716. The molecule has 2 aromatic rings. The summed E-state index contributed by atoms with van der Waals surface area (Å²) >= 11 is 1.70. The molecule has 5 nitrogen and oxygen atoms in total. The molecule has 0 atom stereocenters. The van der Waals surface area contributed by atoms with E-state index >= 15 is 0 Å². The van der Waals surface area contributed by atoms with Crippen LogP contribution in [0.1, 0.15) is 10.4 Å². The number of nitrogens with two attached hydrogens (primary N) is 1. The number of carbonyl (C=O) groups is 1. The molecule has 6 heteroatoms. The van der Waals surface area contributed by atoms with E-state index in [9.17, 15) is 4.79 Å². The number of benzene rings is 1. The van der Waals surface area contributed by atoms with E-state index in [0.717, 1.165) is 6.42 Å². The molecule has 0 bridgehead atoms. The van der Waals surface area contributed by atoms with Crippen molar-refractivity contribution in [3.8, 4) is 12.3 Å². The SMILES string of the molecule is C#Cc1cccc(NC(=O)CN=C(N)NCCc2cccs2)c1. The van der Waals surface area contributed by atoms with Crippen LogP contribution in [0.15, 0.2) is 46.8 Å². The predicted molar refractivity (Wildman–Crippen MR) is 95.5 cm³/mol. The predicted octanol–water partition coefficient (Wildman–Crippen LogP) is 1.81. The molecule has 0 saturated carbocycles. The number of aliphatic imine (C=N–C) groups is 1. The average Bonchev–Trinajstić information content (AvgIpc) is 3.06. The molecule has 0 aliphatic heterocycles. The summed E-state index contributed by atoms with van der Waals surface area (Å²) in [6, 6.07) is 11.2. The van der Waals surface area contributed by atoms with Crippen molar-refractivity contribution in [1.29, 1.82) is 0 Å². The third-order valence-electron chi connectivity index (χ3n) is 2.96. The van der Waals surface area contributed by atoms with Crippen molar-refractivity contribution in [3.05, 3.63) is 52.2 Å². The molecule has 0 unspecified atom stereocenters. The normalized spacial score (nSPS) is 10.8. The third-order valence-corrected chi connectivity index (χ3v) is 3.90. The zero-order chi connectivity index (χ0) is 16.5. The molecule has 1 heterocycles. The van der Waals surface area contributed by atoms with E-state index < -0.39 is 0 Å². The molecule has 0 fully saturated rings. The van der Waals surface area contributed by atoms with E-state index in [1.807, 2.05) is 11.4 Å². The maximum atomic E-state index is 11.8. The van der Waals surface area contributed by atoms with Crippen LogP contribution in [-0.2, 0) is 11.2 Å². The molecule has 118 valence electrons. The molecule has 0 aliphatic rings. The quantitative estimate of drug-likeness (QED) is 0.430. The molecule has 23 heavy (non-hydrogen) atoms. The summed E-state index contributed by atoms with van der Waals surface area (Å²) in [6.45, 7) is 0.639. The van der Waals surface area contributed by atoms with Gasteiger partial charge in [0.05, 0.1) is 0 Å². The van der Waals surface area contributed by atoms with E-state index in [1.54, 1.807) is 35.6 Å². The van der Waals surface area contributed by atoms with Gasteiger partial charge >= 0.3 is 0 Å². The molecule has 1 aromatic carbocycles. The maximum Gasteiger partial charge on any atom is 0.246 e. The molecule has 1 aromatic heterocycles. The minimum absolute atomic E-state index is 0.0435. The molecular formula is C17H18N4OS. The summed E-state index contributed by atoms with van der Waals surface area (Å²) in [7, 11) is 0. The Labute approximate surface area is 139 Å². The first-order valence-electron chi connectivity index (χ1n) is 7.10. The highest BCUT2D eigenvalue weighted by atomic mass is 32.1. The lowest BCUT2D eigenvalue weighted by atomic mass is 10.2. The summed E-state index contributed by atoms with van der Waals surface area (Å²) in [5.41, 5.74) is 7.09. The number of terminal acetylenes is 1. The fourth-order valence-corrected chi connectivity index (χ4v) is 2.58. The molecule has 2 rings (SSSR count). The molecule has 0 spiro atoms. The average molecular weight is 326 g/mol. The van der Waals surface area contributed by atoms with Crippen molar-refractivity contribution in [1.82, 2.24) is 5.32 Å². The first-order valence-corrected chi connectivity index (χ1v) is 7.98. The van der Waals surface area contributed by atoms with Crippen LogP contribution >= 0.6 is 11.3 Å². The van der Waals surface area contributed by atoms with Gasteiger partial charge in [0.2, 0.25) is 5.91 Å². The van der Waals surface area contributed by atoms with Gasteiger partial charge in [0, 0.05) is 22.7 Å². The van der Waals surface area contributed by atoms with E-state index in [1.165, 1.54) is 4.88 Å². The monoisotopic (exact) mass is 326 g/mol. The Morgan fingerprint density at radius 2 is 2.22 bits per heavy atom. The van der Waals surface area contributed by atoms with Crippen LogP contribution in [0, 0.1) is 12.3 Å². The van der Waals surface area contributed by atoms with Gasteiger partial charge in [0.1, 0.15) is 6.54 Å². The Kier molecular flexibility index (Phi) is 6.21. The fraction of sp³-hybridized carbons (Fsp3) is 0.176. The van der Waals surface area contributed by atoms with Gasteiger partial charge in [-0.2, -0.15) is 0 Å². The second-order valence-corrected chi connectivity index (χ2v) is 5.76. The third kappa shape index (κ3) is 5.85. The highest BCUT2D eigenvalue weighted by molar-refractivity contribution is 7.09. The van der Waals surface area contributed by atoms with Gasteiger partial charge in [0.25, 0.3) is 0 Å². The standard InChI is InChI=1S/C17H18N4OS/c1-2-13-5-3-6-14(11-13)21-16(22)12-20-17(18)19-9-8-15-7-4-10-23-15/h1,3-7,10-11H,8-9,12H2,(H,21,22)(H3,18,19,20). The van der Waals surface area contributed by atoms with E-state index in [-0.39, 0.29) is 18.4 Å². The van der Waals surface area contributed by atoms with Gasteiger partial charge in [0.15, 0.2) is 5.96 Å². The number of thiophene rings is 1. The largest absolute Gasteiger partial charge is 0.370 e. The number of nitrogens with zero attached hydrogens (tertiary/aromatic N) is 1. The van der Waals surface area contributed by atoms with Gasteiger partial charge in [-0.05, 0) is 36.1 Å². The van der Waals surface area contributed by atoms with Crippen LogP contribution in [0.25, 0.3) is 0 Å². The zero-order valence-electron chi connectivity index (χ0n) is 12.6. The molecule has 0 aliphatic carbocycles. The smallest absolute Gasteiger partial charge is 0.246 e. The number of rotatable bonds is 6. The highest BCUT2D eigenvalue weighted by Crippen LogP contribution is 2.09.